The number of carbonyl (C=O) groups is 1. The third-order valence-corrected chi connectivity index (χ3v) is 3.26. The second-order valence-electron chi connectivity index (χ2n) is 4.89. The molecule has 2 atom stereocenters. The summed E-state index contributed by atoms with van der Waals surface area (Å²) in [5, 5.41) is 13.0. The van der Waals surface area contributed by atoms with Gasteiger partial charge in [0.2, 0.25) is 0 Å². The van der Waals surface area contributed by atoms with Crippen LogP contribution in [-0.2, 0) is 6.42 Å². The maximum absolute atomic E-state index is 12.0. The van der Waals surface area contributed by atoms with Gasteiger partial charge in [0.05, 0.1) is 12.1 Å². The van der Waals surface area contributed by atoms with E-state index in [-0.39, 0.29) is 11.9 Å². The van der Waals surface area contributed by atoms with Gasteiger partial charge in [-0.15, -0.1) is 0 Å². The Morgan fingerprint density at radius 3 is 2.20 bits per heavy atom. The van der Waals surface area contributed by atoms with Crippen LogP contribution in [0, 0.1) is 0 Å². The predicted molar refractivity (Wildman–Crippen MR) is 79.5 cm³/mol. The molecule has 2 N–H and O–H groups in total. The summed E-state index contributed by atoms with van der Waals surface area (Å²) in [6.07, 6.45) is -0.0815. The predicted octanol–water partition coefficient (Wildman–Crippen LogP) is 2.41. The molecule has 2 aromatic carbocycles. The molecule has 0 aliphatic carbocycles. The van der Waals surface area contributed by atoms with E-state index in [0.29, 0.717) is 12.0 Å². The van der Waals surface area contributed by atoms with Gasteiger partial charge in [-0.1, -0.05) is 48.5 Å². The summed E-state index contributed by atoms with van der Waals surface area (Å²) in [5.41, 5.74) is 1.66. The Bertz CT molecular complexity index is 539. The molecule has 0 heterocycles. The number of benzene rings is 2. The Kier molecular flexibility index (Phi) is 4.91. The van der Waals surface area contributed by atoms with E-state index in [2.05, 4.69) is 5.32 Å². The second kappa shape index (κ2) is 6.87. The number of aliphatic hydroxyl groups is 1. The van der Waals surface area contributed by atoms with Crippen molar-refractivity contribution in [2.75, 3.05) is 0 Å². The Labute approximate surface area is 119 Å². The quantitative estimate of drug-likeness (QED) is 0.875. The second-order valence-corrected chi connectivity index (χ2v) is 4.89. The molecule has 0 saturated carbocycles. The van der Waals surface area contributed by atoms with E-state index in [9.17, 15) is 9.90 Å². The summed E-state index contributed by atoms with van der Waals surface area (Å²) < 4.78 is 0. The van der Waals surface area contributed by atoms with Crippen molar-refractivity contribution in [2.24, 2.45) is 0 Å². The van der Waals surface area contributed by atoms with E-state index in [1.165, 1.54) is 0 Å². The highest BCUT2D eigenvalue weighted by Gasteiger charge is 2.17. The molecular formula is C17H19NO2. The highest BCUT2D eigenvalue weighted by atomic mass is 16.3. The molecule has 0 saturated heterocycles. The van der Waals surface area contributed by atoms with Crippen LogP contribution in [0.4, 0.5) is 0 Å². The third kappa shape index (κ3) is 3.93. The molecule has 2 unspecified atom stereocenters. The van der Waals surface area contributed by atoms with Crippen molar-refractivity contribution in [1.82, 2.24) is 5.32 Å². The average Bonchev–Trinajstić information content (AvgIpc) is 2.49. The average molecular weight is 269 g/mol. The van der Waals surface area contributed by atoms with Crippen LogP contribution < -0.4 is 5.32 Å². The molecule has 0 aliphatic rings. The number of nitrogens with one attached hydrogen (secondary N) is 1. The third-order valence-electron chi connectivity index (χ3n) is 3.26. The molecular weight excluding hydrogens is 250 g/mol. The van der Waals surface area contributed by atoms with E-state index >= 15 is 0 Å². The fourth-order valence-electron chi connectivity index (χ4n) is 2.01. The van der Waals surface area contributed by atoms with Crippen LogP contribution in [0.3, 0.4) is 0 Å². The van der Waals surface area contributed by atoms with Crippen molar-refractivity contribution in [3.05, 3.63) is 71.8 Å². The van der Waals surface area contributed by atoms with Crippen molar-refractivity contribution in [2.45, 2.75) is 25.5 Å². The largest absolute Gasteiger partial charge is 0.391 e. The smallest absolute Gasteiger partial charge is 0.251 e. The molecule has 0 aromatic heterocycles. The first-order valence-corrected chi connectivity index (χ1v) is 6.74. The zero-order valence-corrected chi connectivity index (χ0v) is 11.5. The van der Waals surface area contributed by atoms with Crippen LogP contribution in [0.1, 0.15) is 22.8 Å². The van der Waals surface area contributed by atoms with Gasteiger partial charge >= 0.3 is 0 Å². The molecule has 104 valence electrons. The Morgan fingerprint density at radius 1 is 1.05 bits per heavy atom. The van der Waals surface area contributed by atoms with Crippen LogP contribution in [0.15, 0.2) is 60.7 Å². The van der Waals surface area contributed by atoms with E-state index in [0.717, 1.165) is 5.56 Å². The first kappa shape index (κ1) is 14.3. The minimum absolute atomic E-state index is 0.162. The summed E-state index contributed by atoms with van der Waals surface area (Å²) in [7, 11) is 0. The lowest BCUT2D eigenvalue weighted by atomic mass is 10.0. The fourth-order valence-corrected chi connectivity index (χ4v) is 2.01. The standard InChI is InChI=1S/C17H19NO2/c1-13(16(19)12-14-8-4-2-5-9-14)18-17(20)15-10-6-3-7-11-15/h2-11,13,16,19H,12H2,1H3,(H,18,20). The molecule has 0 fully saturated rings. The van der Waals surface area contributed by atoms with E-state index in [1.807, 2.05) is 55.5 Å². The SMILES string of the molecule is CC(NC(=O)c1ccccc1)C(O)Cc1ccccc1. The topological polar surface area (TPSA) is 49.3 Å². The van der Waals surface area contributed by atoms with Crippen molar-refractivity contribution >= 4 is 5.91 Å². The number of hydrogen-bond donors (Lipinski definition) is 2. The monoisotopic (exact) mass is 269 g/mol. The maximum Gasteiger partial charge on any atom is 0.251 e. The number of hydrogen-bond acceptors (Lipinski definition) is 2. The molecule has 0 radical (unpaired) electrons. The number of rotatable bonds is 5. The van der Waals surface area contributed by atoms with Crippen LogP contribution in [-0.4, -0.2) is 23.2 Å². The lowest BCUT2D eigenvalue weighted by Gasteiger charge is -2.20. The van der Waals surface area contributed by atoms with Crippen molar-refractivity contribution < 1.29 is 9.90 Å². The van der Waals surface area contributed by atoms with Gasteiger partial charge in [0.1, 0.15) is 0 Å². The normalized spacial score (nSPS) is 13.5. The van der Waals surface area contributed by atoms with Gasteiger partial charge in [0.15, 0.2) is 0 Å². The van der Waals surface area contributed by atoms with Crippen LogP contribution in [0.5, 0.6) is 0 Å². The van der Waals surface area contributed by atoms with Gasteiger partial charge in [-0.3, -0.25) is 4.79 Å². The van der Waals surface area contributed by atoms with Crippen molar-refractivity contribution in [1.29, 1.82) is 0 Å². The number of aliphatic hydroxyl groups excluding tert-OH is 1. The van der Waals surface area contributed by atoms with E-state index < -0.39 is 6.10 Å². The van der Waals surface area contributed by atoms with Crippen LogP contribution in [0.25, 0.3) is 0 Å². The first-order chi connectivity index (χ1) is 9.66. The number of carbonyl (C=O) groups excluding carboxylic acids is 1. The molecule has 3 nitrogen and oxygen atoms in total. The summed E-state index contributed by atoms with van der Waals surface area (Å²) in [6.45, 7) is 1.81. The van der Waals surface area contributed by atoms with Crippen molar-refractivity contribution in [3.63, 3.8) is 0 Å². The fraction of sp³-hybridized carbons (Fsp3) is 0.235. The van der Waals surface area contributed by atoms with E-state index in [4.69, 9.17) is 0 Å². The molecule has 1 amide bonds. The minimum atomic E-state index is -0.606. The summed E-state index contributed by atoms with van der Waals surface area (Å²) in [5.74, 6) is -0.162. The minimum Gasteiger partial charge on any atom is -0.391 e. The van der Waals surface area contributed by atoms with E-state index in [1.54, 1.807) is 12.1 Å². The zero-order chi connectivity index (χ0) is 14.4. The van der Waals surface area contributed by atoms with Gasteiger partial charge in [-0.25, -0.2) is 0 Å². The highest BCUT2D eigenvalue weighted by Crippen LogP contribution is 2.07. The maximum atomic E-state index is 12.0. The van der Waals surface area contributed by atoms with Crippen LogP contribution in [0.2, 0.25) is 0 Å². The Morgan fingerprint density at radius 2 is 1.60 bits per heavy atom. The summed E-state index contributed by atoms with van der Waals surface area (Å²) in [4.78, 5) is 12.0. The Hall–Kier alpha value is -2.13. The molecule has 0 aliphatic heterocycles. The first-order valence-electron chi connectivity index (χ1n) is 6.74. The lowest BCUT2D eigenvalue weighted by Crippen LogP contribution is -2.42. The lowest BCUT2D eigenvalue weighted by molar-refractivity contribution is 0.0852. The molecule has 20 heavy (non-hydrogen) atoms. The molecule has 2 aromatic rings. The van der Waals surface area contributed by atoms with Crippen molar-refractivity contribution in [3.8, 4) is 0 Å². The summed E-state index contributed by atoms with van der Waals surface area (Å²) >= 11 is 0. The zero-order valence-electron chi connectivity index (χ0n) is 11.5. The molecule has 3 heteroatoms. The summed E-state index contributed by atoms with van der Waals surface area (Å²) in [6, 6.07) is 18.5. The van der Waals surface area contributed by atoms with Gasteiger partial charge in [-0.2, -0.15) is 0 Å². The molecule has 2 rings (SSSR count). The van der Waals surface area contributed by atoms with Gasteiger partial charge < -0.3 is 10.4 Å². The molecule has 0 spiro atoms. The Balaban J connectivity index is 1.91. The van der Waals surface area contributed by atoms with Gasteiger partial charge in [0.25, 0.3) is 5.91 Å². The van der Waals surface area contributed by atoms with Gasteiger partial charge in [0, 0.05) is 12.0 Å². The van der Waals surface area contributed by atoms with Gasteiger partial charge in [-0.05, 0) is 24.6 Å². The number of amides is 1. The van der Waals surface area contributed by atoms with Crippen LogP contribution >= 0.6 is 0 Å². The highest BCUT2D eigenvalue weighted by molar-refractivity contribution is 5.94. The molecule has 0 bridgehead atoms.